The summed E-state index contributed by atoms with van der Waals surface area (Å²) in [6.07, 6.45) is 0.0433. The van der Waals surface area contributed by atoms with Gasteiger partial charge in [0.15, 0.2) is 15.9 Å². The Balaban J connectivity index is 1.60. The Bertz CT molecular complexity index is 1500. The first-order chi connectivity index (χ1) is 16.9. The first-order valence-corrected chi connectivity index (χ1v) is 14.7. The van der Waals surface area contributed by atoms with Crippen LogP contribution in [0.25, 0.3) is 0 Å². The predicted octanol–water partition coefficient (Wildman–Crippen LogP) is 3.54. The van der Waals surface area contributed by atoms with E-state index < -0.39 is 37.9 Å². The van der Waals surface area contributed by atoms with Gasteiger partial charge in [-0.05, 0) is 68.3 Å². The minimum atomic E-state index is -3.96. The minimum Gasteiger partial charge on any atom is -0.476 e. The van der Waals surface area contributed by atoms with Gasteiger partial charge in [0.2, 0.25) is 0 Å². The molecule has 1 aliphatic rings. The summed E-state index contributed by atoms with van der Waals surface area (Å²) in [6.45, 7) is 5.29. The lowest BCUT2D eigenvalue weighted by Gasteiger charge is -2.35. The first kappa shape index (κ1) is 25.7. The van der Waals surface area contributed by atoms with Crippen molar-refractivity contribution in [2.24, 2.45) is 0 Å². The fourth-order valence-corrected chi connectivity index (χ4v) is 6.05. The number of nitrogens with zero attached hydrogens (tertiary/aromatic N) is 1. The van der Waals surface area contributed by atoms with E-state index in [-0.39, 0.29) is 16.3 Å². The second kappa shape index (κ2) is 9.59. The zero-order chi connectivity index (χ0) is 26.3. The lowest BCUT2D eigenvalue weighted by atomic mass is 10.1. The van der Waals surface area contributed by atoms with Gasteiger partial charge in [-0.15, -0.1) is 0 Å². The molecule has 36 heavy (non-hydrogen) atoms. The third-order valence-electron chi connectivity index (χ3n) is 6.05. The van der Waals surface area contributed by atoms with Crippen LogP contribution in [0.15, 0.2) is 76.5 Å². The van der Waals surface area contributed by atoms with Crippen molar-refractivity contribution in [1.29, 1.82) is 0 Å². The van der Waals surface area contributed by atoms with Gasteiger partial charge in [-0.25, -0.2) is 16.8 Å². The molecule has 10 heteroatoms. The van der Waals surface area contributed by atoms with E-state index in [4.69, 9.17) is 4.74 Å². The smallest absolute Gasteiger partial charge is 0.264 e. The highest BCUT2D eigenvalue weighted by Gasteiger charge is 2.38. The normalized spacial score (nSPS) is 16.6. The third-order valence-corrected chi connectivity index (χ3v) is 8.97. The quantitative estimate of drug-likeness (QED) is 0.524. The van der Waals surface area contributed by atoms with E-state index in [2.05, 4.69) is 5.32 Å². The number of hydrogen-bond acceptors (Lipinski definition) is 6. The Morgan fingerprint density at radius 3 is 2.11 bits per heavy atom. The van der Waals surface area contributed by atoms with Gasteiger partial charge in [-0.1, -0.05) is 35.9 Å². The molecule has 0 saturated carbocycles. The largest absolute Gasteiger partial charge is 0.476 e. The van der Waals surface area contributed by atoms with Gasteiger partial charge in [0.1, 0.15) is 5.75 Å². The number of aryl methyl sites for hydroxylation is 2. The van der Waals surface area contributed by atoms with Crippen LogP contribution in [0.4, 0.5) is 5.69 Å². The number of hydrogen-bond donors (Lipinski definition) is 1. The number of carbonyl (C=O) groups is 1. The Labute approximate surface area is 211 Å². The maximum absolute atomic E-state index is 13.6. The van der Waals surface area contributed by atoms with Crippen molar-refractivity contribution in [2.45, 2.75) is 42.7 Å². The molecule has 0 fully saturated rings. The highest BCUT2D eigenvalue weighted by molar-refractivity contribution is 7.92. The van der Waals surface area contributed by atoms with Crippen molar-refractivity contribution in [3.05, 3.63) is 83.4 Å². The molecule has 4 rings (SSSR count). The second-order valence-corrected chi connectivity index (χ2v) is 12.9. The average Bonchev–Trinajstić information content (AvgIpc) is 2.83. The third kappa shape index (κ3) is 5.24. The van der Waals surface area contributed by atoms with Crippen LogP contribution in [-0.2, 0) is 24.7 Å². The number of amides is 1. The summed E-state index contributed by atoms with van der Waals surface area (Å²) in [5.74, 6) is -0.183. The van der Waals surface area contributed by atoms with Crippen LogP contribution in [0.2, 0.25) is 0 Å². The van der Waals surface area contributed by atoms with Crippen molar-refractivity contribution < 1.29 is 26.4 Å². The summed E-state index contributed by atoms with van der Waals surface area (Å²) in [5, 5.41) is 2.85. The van der Waals surface area contributed by atoms with Crippen molar-refractivity contribution in [3.8, 4) is 5.75 Å². The molecule has 0 spiro atoms. The summed E-state index contributed by atoms with van der Waals surface area (Å²) in [5.41, 5.74) is 2.87. The SMILES string of the molecule is Cc1ccc(S(=O)(=O)N2C[C@@H](C(=O)N[C@@H](C)c3ccc(S(C)(=O)=O)cc3)Oc3ccc(C)cc32)cc1. The molecule has 3 aromatic rings. The van der Waals surface area contributed by atoms with Crippen LogP contribution in [0.1, 0.15) is 29.7 Å². The Kier molecular flexibility index (Phi) is 6.85. The highest BCUT2D eigenvalue weighted by atomic mass is 32.2. The van der Waals surface area contributed by atoms with Gasteiger partial charge in [0.25, 0.3) is 15.9 Å². The topological polar surface area (TPSA) is 110 Å². The number of carbonyl (C=O) groups excluding carboxylic acids is 1. The second-order valence-electron chi connectivity index (χ2n) is 9.00. The van der Waals surface area contributed by atoms with E-state index in [0.717, 1.165) is 17.4 Å². The van der Waals surface area contributed by atoms with Gasteiger partial charge < -0.3 is 10.1 Å². The Morgan fingerprint density at radius 1 is 0.917 bits per heavy atom. The van der Waals surface area contributed by atoms with E-state index in [1.54, 1.807) is 61.5 Å². The van der Waals surface area contributed by atoms with Gasteiger partial charge in [0, 0.05) is 6.26 Å². The lowest BCUT2D eigenvalue weighted by Crippen LogP contribution is -2.51. The maximum Gasteiger partial charge on any atom is 0.264 e. The zero-order valence-electron chi connectivity index (χ0n) is 20.4. The minimum absolute atomic E-state index is 0.126. The number of benzene rings is 3. The lowest BCUT2D eigenvalue weighted by molar-refractivity contribution is -0.128. The molecule has 3 aromatic carbocycles. The van der Waals surface area contributed by atoms with Crippen LogP contribution in [0, 0.1) is 13.8 Å². The van der Waals surface area contributed by atoms with Crippen LogP contribution < -0.4 is 14.4 Å². The van der Waals surface area contributed by atoms with Gasteiger partial charge in [-0.2, -0.15) is 0 Å². The number of ether oxygens (including phenoxy) is 1. The Hall–Kier alpha value is -3.37. The summed E-state index contributed by atoms with van der Waals surface area (Å²) >= 11 is 0. The maximum atomic E-state index is 13.6. The van der Waals surface area contributed by atoms with Crippen LogP contribution >= 0.6 is 0 Å². The fourth-order valence-electron chi connectivity index (χ4n) is 3.96. The van der Waals surface area contributed by atoms with Gasteiger partial charge in [-0.3, -0.25) is 9.10 Å². The van der Waals surface area contributed by atoms with E-state index in [0.29, 0.717) is 17.0 Å². The monoisotopic (exact) mass is 528 g/mol. The molecular weight excluding hydrogens is 500 g/mol. The van der Waals surface area contributed by atoms with Gasteiger partial charge in [0.05, 0.1) is 28.1 Å². The molecule has 0 radical (unpaired) electrons. The molecule has 1 heterocycles. The standard InChI is InChI=1S/C26H28N2O6S2/c1-17-5-10-22(11-6-17)36(32,33)28-16-25(34-24-14-7-18(2)15-23(24)28)26(29)27-19(3)20-8-12-21(13-9-20)35(4,30)31/h5-15,19,25H,16H2,1-4H3,(H,27,29)/t19-,25-/m0/s1. The molecule has 8 nitrogen and oxygen atoms in total. The summed E-state index contributed by atoms with van der Waals surface area (Å²) in [6, 6.07) is 17.5. The van der Waals surface area contributed by atoms with Crippen molar-refractivity contribution in [2.75, 3.05) is 17.1 Å². The van der Waals surface area contributed by atoms with E-state index in [1.165, 1.54) is 16.4 Å². The number of sulfonamides is 1. The molecule has 190 valence electrons. The predicted molar refractivity (Wildman–Crippen MR) is 137 cm³/mol. The molecular formula is C26H28N2O6S2. The van der Waals surface area contributed by atoms with Crippen molar-refractivity contribution in [1.82, 2.24) is 5.32 Å². The van der Waals surface area contributed by atoms with Crippen LogP contribution in [0.5, 0.6) is 5.75 Å². The van der Waals surface area contributed by atoms with Gasteiger partial charge >= 0.3 is 0 Å². The molecule has 1 aliphatic heterocycles. The average molecular weight is 529 g/mol. The molecule has 0 saturated heterocycles. The number of nitrogens with one attached hydrogen (secondary N) is 1. The molecule has 0 aliphatic carbocycles. The van der Waals surface area contributed by atoms with E-state index >= 15 is 0 Å². The number of fused-ring (bicyclic) bond motifs is 1. The highest BCUT2D eigenvalue weighted by Crippen LogP contribution is 2.38. The molecule has 2 atom stereocenters. The van der Waals surface area contributed by atoms with Crippen molar-refractivity contribution >= 4 is 31.5 Å². The van der Waals surface area contributed by atoms with E-state index in [1.807, 2.05) is 13.8 Å². The Morgan fingerprint density at radius 2 is 1.50 bits per heavy atom. The fraction of sp³-hybridized carbons (Fsp3) is 0.269. The van der Waals surface area contributed by atoms with E-state index in [9.17, 15) is 21.6 Å². The molecule has 1 amide bonds. The number of sulfone groups is 1. The first-order valence-electron chi connectivity index (χ1n) is 11.3. The molecule has 1 N–H and O–H groups in total. The molecule has 0 unspecified atom stereocenters. The zero-order valence-corrected chi connectivity index (χ0v) is 22.1. The van der Waals surface area contributed by atoms with Crippen LogP contribution in [-0.4, -0.2) is 41.6 Å². The van der Waals surface area contributed by atoms with Crippen molar-refractivity contribution in [3.63, 3.8) is 0 Å². The number of rotatable bonds is 6. The van der Waals surface area contributed by atoms with Crippen LogP contribution in [0.3, 0.4) is 0 Å². The summed E-state index contributed by atoms with van der Waals surface area (Å²) < 4.78 is 57.7. The number of anilines is 1. The molecule has 0 aromatic heterocycles. The molecule has 0 bridgehead atoms. The summed E-state index contributed by atoms with van der Waals surface area (Å²) in [4.78, 5) is 13.5. The summed E-state index contributed by atoms with van der Waals surface area (Å²) in [7, 11) is -7.29.